The van der Waals surface area contributed by atoms with Crippen LogP contribution >= 0.6 is 0 Å². The molecule has 0 amide bonds. The standard InChI is InChI=1S/C20H26O3.C18H20O3.C5H10O.C2H6/c1-14(2)19(22)13-23-18-11-7-16(8-12-18)20(3,4)15-5-9-17(21)10-6-15;1-18(2,13-3-7-15(19)8-4-13)14-5-9-16(10-6-14)20-11-17-12-21-17;1-4(2)5-3-6-5;1-2/h5-12,14,19,21-22H,13H2,1-4H3;3-10,17,19H,11-12H2,1-2H3;4-5H,3H2,1-2H3;1-2H3. The summed E-state index contributed by atoms with van der Waals surface area (Å²) in [6, 6.07) is 30.8. The number of phenolic OH excluding ortho intramolecular Hbond substituents is 2. The van der Waals surface area contributed by atoms with Crippen molar-refractivity contribution in [2.45, 2.75) is 98.4 Å². The summed E-state index contributed by atoms with van der Waals surface area (Å²) < 4.78 is 21.4. The van der Waals surface area contributed by atoms with Gasteiger partial charge < -0.3 is 34.3 Å². The van der Waals surface area contributed by atoms with Crippen molar-refractivity contribution >= 4 is 0 Å². The van der Waals surface area contributed by atoms with Gasteiger partial charge in [0.05, 0.1) is 25.4 Å². The molecule has 7 heteroatoms. The van der Waals surface area contributed by atoms with Gasteiger partial charge in [0.25, 0.3) is 0 Å². The van der Waals surface area contributed by atoms with Gasteiger partial charge in [-0.05, 0) is 82.6 Å². The van der Waals surface area contributed by atoms with Crippen LogP contribution in [-0.2, 0) is 20.3 Å². The van der Waals surface area contributed by atoms with Gasteiger partial charge in [-0.25, -0.2) is 0 Å². The molecule has 4 aromatic carbocycles. The topological polar surface area (TPSA) is 104 Å². The molecule has 6 rings (SSSR count). The number of hydrogen-bond acceptors (Lipinski definition) is 7. The first-order chi connectivity index (χ1) is 24.7. The molecule has 2 heterocycles. The minimum atomic E-state index is -0.455. The van der Waals surface area contributed by atoms with Crippen LogP contribution in [-0.4, -0.2) is 60.1 Å². The minimum absolute atomic E-state index is 0.119. The molecule has 284 valence electrons. The lowest BCUT2D eigenvalue weighted by molar-refractivity contribution is 0.0701. The van der Waals surface area contributed by atoms with Gasteiger partial charge in [-0.1, -0.05) is 118 Å². The summed E-state index contributed by atoms with van der Waals surface area (Å²) in [5, 5.41) is 28.6. The second-order valence-corrected chi connectivity index (χ2v) is 14.9. The normalized spacial score (nSPS) is 16.6. The van der Waals surface area contributed by atoms with Gasteiger partial charge in [-0.15, -0.1) is 0 Å². The molecule has 0 radical (unpaired) electrons. The van der Waals surface area contributed by atoms with Crippen LogP contribution in [0.25, 0.3) is 0 Å². The second kappa shape index (κ2) is 19.7. The Bertz CT molecular complexity index is 1570. The number of benzene rings is 4. The average molecular weight is 715 g/mol. The first-order valence-electron chi connectivity index (χ1n) is 18.6. The van der Waals surface area contributed by atoms with E-state index in [1.807, 2.05) is 88.4 Å². The second-order valence-electron chi connectivity index (χ2n) is 14.9. The highest BCUT2D eigenvalue weighted by molar-refractivity contribution is 5.43. The molecule has 3 unspecified atom stereocenters. The number of rotatable bonds is 12. The lowest BCUT2D eigenvalue weighted by Gasteiger charge is -2.26. The fourth-order valence-electron chi connectivity index (χ4n) is 5.19. The number of hydrogen-bond donors (Lipinski definition) is 3. The van der Waals surface area contributed by atoms with Gasteiger partial charge in [-0.2, -0.15) is 0 Å². The first kappa shape index (κ1) is 42.4. The fraction of sp³-hybridized carbons (Fsp3) is 0.467. The van der Waals surface area contributed by atoms with E-state index < -0.39 is 6.10 Å². The average Bonchev–Trinajstić information content (AvgIpc) is 4.07. The summed E-state index contributed by atoms with van der Waals surface area (Å²) in [7, 11) is 0. The molecule has 0 aliphatic carbocycles. The third kappa shape index (κ3) is 13.2. The van der Waals surface area contributed by atoms with Crippen LogP contribution in [0.15, 0.2) is 97.1 Å². The summed E-state index contributed by atoms with van der Waals surface area (Å²) >= 11 is 0. The lowest BCUT2D eigenvalue weighted by atomic mass is 9.78. The summed E-state index contributed by atoms with van der Waals surface area (Å²) in [4.78, 5) is 0. The molecule has 2 aliphatic rings. The summed E-state index contributed by atoms with van der Waals surface area (Å²) in [6.45, 7) is 23.7. The van der Waals surface area contributed by atoms with Crippen molar-refractivity contribution in [1.82, 2.24) is 0 Å². The zero-order valence-corrected chi connectivity index (χ0v) is 32.9. The van der Waals surface area contributed by atoms with E-state index in [0.717, 1.165) is 36.2 Å². The van der Waals surface area contributed by atoms with Crippen LogP contribution in [0, 0.1) is 11.8 Å². The van der Waals surface area contributed by atoms with Crippen LogP contribution in [0.1, 0.15) is 91.5 Å². The number of aromatic hydroxyl groups is 2. The molecule has 2 fully saturated rings. The molecule has 0 spiro atoms. The number of aliphatic hydroxyl groups excluding tert-OH is 1. The van der Waals surface area contributed by atoms with E-state index in [-0.39, 0.29) is 28.6 Å². The van der Waals surface area contributed by atoms with Gasteiger partial charge in [0.15, 0.2) is 0 Å². The molecule has 2 saturated heterocycles. The van der Waals surface area contributed by atoms with E-state index in [1.165, 1.54) is 16.7 Å². The molecule has 0 aromatic heterocycles. The van der Waals surface area contributed by atoms with E-state index in [4.69, 9.17) is 18.9 Å². The largest absolute Gasteiger partial charge is 0.508 e. The van der Waals surface area contributed by atoms with E-state index in [0.29, 0.717) is 25.1 Å². The SMILES string of the molecule is CC.CC(C)(c1ccc(O)cc1)c1ccc(OCC2CO2)cc1.CC(C)C(O)COc1ccc(C(C)(C)c2ccc(O)cc2)cc1.CC(C)C1CO1. The summed E-state index contributed by atoms with van der Waals surface area (Å²) in [6.07, 6.45) is 0.422. The number of aliphatic hydroxyl groups is 1. The molecule has 4 aromatic rings. The number of epoxide rings is 2. The van der Waals surface area contributed by atoms with Crippen molar-refractivity contribution in [3.63, 3.8) is 0 Å². The minimum Gasteiger partial charge on any atom is -0.508 e. The maximum Gasteiger partial charge on any atom is 0.119 e. The zero-order valence-electron chi connectivity index (χ0n) is 32.9. The Balaban J connectivity index is 0.000000232. The molecule has 3 atom stereocenters. The van der Waals surface area contributed by atoms with Gasteiger partial charge >= 0.3 is 0 Å². The van der Waals surface area contributed by atoms with Crippen molar-refractivity contribution in [3.8, 4) is 23.0 Å². The van der Waals surface area contributed by atoms with Crippen molar-refractivity contribution < 1.29 is 34.3 Å². The van der Waals surface area contributed by atoms with E-state index in [2.05, 4.69) is 53.7 Å². The maximum absolute atomic E-state index is 9.80. The third-order valence-electron chi connectivity index (χ3n) is 9.46. The predicted molar refractivity (Wildman–Crippen MR) is 211 cm³/mol. The Hall–Kier alpha value is -4.04. The maximum atomic E-state index is 9.80. The number of ether oxygens (including phenoxy) is 4. The monoisotopic (exact) mass is 714 g/mol. The fourth-order valence-corrected chi connectivity index (χ4v) is 5.19. The highest BCUT2D eigenvalue weighted by Gasteiger charge is 2.26. The van der Waals surface area contributed by atoms with Crippen molar-refractivity contribution in [2.24, 2.45) is 11.8 Å². The quantitative estimate of drug-likeness (QED) is 0.126. The smallest absolute Gasteiger partial charge is 0.119 e. The molecule has 0 bridgehead atoms. The Morgan fingerprint density at radius 1 is 0.596 bits per heavy atom. The number of phenols is 2. The van der Waals surface area contributed by atoms with Gasteiger partial charge in [0.2, 0.25) is 0 Å². The molecular formula is C45H62O7. The van der Waals surface area contributed by atoms with Gasteiger partial charge in [0, 0.05) is 10.8 Å². The molecule has 7 nitrogen and oxygen atoms in total. The van der Waals surface area contributed by atoms with Crippen LogP contribution in [0.5, 0.6) is 23.0 Å². The molecular weight excluding hydrogens is 652 g/mol. The first-order valence-corrected chi connectivity index (χ1v) is 18.6. The molecule has 52 heavy (non-hydrogen) atoms. The van der Waals surface area contributed by atoms with Crippen molar-refractivity contribution in [3.05, 3.63) is 119 Å². The lowest BCUT2D eigenvalue weighted by Crippen LogP contribution is -2.23. The van der Waals surface area contributed by atoms with E-state index >= 15 is 0 Å². The predicted octanol–water partition coefficient (Wildman–Crippen LogP) is 9.68. The summed E-state index contributed by atoms with van der Waals surface area (Å²) in [5.41, 5.74) is 4.40. The van der Waals surface area contributed by atoms with Crippen LogP contribution < -0.4 is 9.47 Å². The Kier molecular flexibility index (Phi) is 16.1. The Labute approximate surface area is 312 Å². The van der Waals surface area contributed by atoms with Crippen molar-refractivity contribution in [1.29, 1.82) is 0 Å². The van der Waals surface area contributed by atoms with Crippen LogP contribution in [0.3, 0.4) is 0 Å². The molecule has 0 saturated carbocycles. The molecule has 2 aliphatic heterocycles. The highest BCUT2D eigenvalue weighted by atomic mass is 16.6. The molecule has 3 N–H and O–H groups in total. The van der Waals surface area contributed by atoms with Gasteiger partial charge in [-0.3, -0.25) is 0 Å². The van der Waals surface area contributed by atoms with Gasteiger partial charge in [0.1, 0.15) is 42.3 Å². The summed E-state index contributed by atoms with van der Waals surface area (Å²) in [5.74, 6) is 3.12. The Morgan fingerprint density at radius 2 is 0.942 bits per heavy atom. The third-order valence-corrected chi connectivity index (χ3v) is 9.46. The zero-order chi connectivity index (χ0) is 38.5. The highest BCUT2D eigenvalue weighted by Crippen LogP contribution is 2.34. The van der Waals surface area contributed by atoms with Crippen LogP contribution in [0.4, 0.5) is 0 Å². The van der Waals surface area contributed by atoms with E-state index in [1.54, 1.807) is 24.3 Å². The van der Waals surface area contributed by atoms with Crippen LogP contribution in [0.2, 0.25) is 0 Å². The van der Waals surface area contributed by atoms with E-state index in [9.17, 15) is 15.3 Å². The van der Waals surface area contributed by atoms with Crippen molar-refractivity contribution in [2.75, 3.05) is 26.4 Å². The Morgan fingerprint density at radius 3 is 1.23 bits per heavy atom.